The molecule has 17 heavy (non-hydrogen) atoms. The molecule has 0 rings (SSSR count). The van der Waals surface area contributed by atoms with Crippen LogP contribution < -0.4 is 11.1 Å². The van der Waals surface area contributed by atoms with Crippen molar-refractivity contribution >= 4 is 12.4 Å². The van der Waals surface area contributed by atoms with Crippen LogP contribution in [0.3, 0.4) is 0 Å². The highest BCUT2D eigenvalue weighted by Gasteiger charge is 2.24. The highest BCUT2D eigenvalue weighted by Crippen LogP contribution is 2.10. The van der Waals surface area contributed by atoms with Gasteiger partial charge in [0.05, 0.1) is 0 Å². The zero-order valence-corrected chi connectivity index (χ0v) is 10.8. The van der Waals surface area contributed by atoms with Gasteiger partial charge in [-0.2, -0.15) is 0 Å². The number of hydrogen-bond donors (Lipinski definition) is 3. The van der Waals surface area contributed by atoms with Crippen molar-refractivity contribution < 1.29 is 14.3 Å². The molecule has 0 aromatic rings. The molecule has 0 aromatic heterocycles. The second-order valence-electron chi connectivity index (χ2n) is 4.65. The number of carbonyl (C=O) groups is 1. The number of hydrogen-bond acceptors (Lipinski definition) is 6. The Labute approximate surface area is 102 Å². The van der Waals surface area contributed by atoms with Crippen molar-refractivity contribution in [2.24, 2.45) is 5.73 Å². The Morgan fingerprint density at radius 3 is 2.65 bits per heavy atom. The predicted octanol–water partition coefficient (Wildman–Crippen LogP) is 0.606. The summed E-state index contributed by atoms with van der Waals surface area (Å²) in [6.07, 6.45) is 2.14. The van der Waals surface area contributed by atoms with Gasteiger partial charge in [-0.15, -0.1) is 0 Å². The van der Waals surface area contributed by atoms with E-state index in [0.29, 0.717) is 13.0 Å². The highest BCUT2D eigenvalue weighted by molar-refractivity contribution is 5.76. The van der Waals surface area contributed by atoms with Gasteiger partial charge >= 0.3 is 5.97 Å². The lowest BCUT2D eigenvalue weighted by Crippen LogP contribution is -2.42. The minimum Gasteiger partial charge on any atom is -0.468 e. The Balaban J connectivity index is 4.23. The van der Waals surface area contributed by atoms with E-state index < -0.39 is 11.6 Å². The number of ether oxygens (including phenoxy) is 2. The molecule has 6 heteroatoms. The maximum Gasteiger partial charge on any atom is 0.323 e. The maximum absolute atomic E-state index is 11.8. The second-order valence-corrected chi connectivity index (χ2v) is 4.65. The van der Waals surface area contributed by atoms with Crippen LogP contribution in [0.15, 0.2) is 0 Å². The van der Waals surface area contributed by atoms with Crippen LogP contribution in [0.4, 0.5) is 0 Å². The molecule has 1 atom stereocenters. The molecule has 0 radical (unpaired) electrons. The molecule has 0 aromatic carbocycles. The smallest absolute Gasteiger partial charge is 0.323 e. The third-order valence-corrected chi connectivity index (χ3v) is 1.88. The Kier molecular flexibility index (Phi) is 7.49. The Bertz CT molecular complexity index is 239. The molecule has 0 saturated carbocycles. The fourth-order valence-corrected chi connectivity index (χ4v) is 1.19. The fourth-order valence-electron chi connectivity index (χ4n) is 1.19. The van der Waals surface area contributed by atoms with Gasteiger partial charge in [-0.25, -0.2) is 0 Å². The van der Waals surface area contributed by atoms with Gasteiger partial charge in [0, 0.05) is 0 Å². The van der Waals surface area contributed by atoms with E-state index in [0.717, 1.165) is 12.8 Å². The van der Waals surface area contributed by atoms with Gasteiger partial charge in [-0.3, -0.25) is 15.5 Å². The Hall–Kier alpha value is -1.14. The molecule has 6 nitrogen and oxygen atoms in total. The number of carbonyl (C=O) groups excluding carboxylic acids is 1. The van der Waals surface area contributed by atoms with Crippen LogP contribution in [0.1, 0.15) is 33.6 Å². The lowest BCUT2D eigenvalue weighted by molar-refractivity contribution is -0.158. The van der Waals surface area contributed by atoms with Crippen molar-refractivity contribution in [3.63, 3.8) is 0 Å². The summed E-state index contributed by atoms with van der Waals surface area (Å²) in [5.41, 5.74) is 4.90. The van der Waals surface area contributed by atoms with Crippen LogP contribution in [0.2, 0.25) is 0 Å². The first-order chi connectivity index (χ1) is 7.90. The van der Waals surface area contributed by atoms with Crippen molar-refractivity contribution in [2.45, 2.75) is 45.3 Å². The average Bonchev–Trinajstić information content (AvgIpc) is 2.20. The van der Waals surface area contributed by atoms with E-state index in [1.807, 2.05) is 20.8 Å². The molecule has 4 N–H and O–H groups in total. The summed E-state index contributed by atoms with van der Waals surface area (Å²) < 4.78 is 9.99. The lowest BCUT2D eigenvalue weighted by Gasteiger charge is -2.24. The van der Waals surface area contributed by atoms with Gasteiger partial charge in [0.15, 0.2) is 6.40 Å². The van der Waals surface area contributed by atoms with Crippen LogP contribution in [0, 0.1) is 5.41 Å². The molecule has 0 aliphatic carbocycles. The monoisotopic (exact) mass is 245 g/mol. The zero-order chi connectivity index (χ0) is 13.3. The third-order valence-electron chi connectivity index (χ3n) is 1.88. The van der Waals surface area contributed by atoms with Gasteiger partial charge in [0.25, 0.3) is 0 Å². The minimum atomic E-state index is -0.512. The maximum atomic E-state index is 11.8. The Morgan fingerprint density at radius 2 is 2.18 bits per heavy atom. The summed E-state index contributed by atoms with van der Waals surface area (Å²) in [6.45, 7) is 6.08. The quantitative estimate of drug-likeness (QED) is 0.191. The van der Waals surface area contributed by atoms with Crippen molar-refractivity contribution in [2.75, 3.05) is 13.3 Å². The van der Waals surface area contributed by atoms with Gasteiger partial charge in [-0.05, 0) is 40.2 Å². The van der Waals surface area contributed by atoms with Crippen LogP contribution in [-0.2, 0) is 14.3 Å². The van der Waals surface area contributed by atoms with E-state index in [-0.39, 0.29) is 12.7 Å². The lowest BCUT2D eigenvalue weighted by atomic mass is 10.1. The van der Waals surface area contributed by atoms with Gasteiger partial charge in [-0.1, -0.05) is 0 Å². The minimum absolute atomic E-state index is 0.109. The first-order valence-corrected chi connectivity index (χ1v) is 5.67. The predicted molar refractivity (Wildman–Crippen MR) is 65.8 cm³/mol. The van der Waals surface area contributed by atoms with Gasteiger partial charge in [0.1, 0.15) is 18.4 Å². The largest absolute Gasteiger partial charge is 0.468 e. The number of nitrogens with two attached hydrogens (primary N) is 1. The summed E-state index contributed by atoms with van der Waals surface area (Å²) in [4.78, 5) is 11.8. The molecule has 0 spiro atoms. The normalized spacial score (nSPS) is 12.9. The molecule has 0 aliphatic heterocycles. The molecule has 0 amide bonds. The standard InChI is InChI=1S/C11H23N3O3/c1-11(2,3)17-10(15)9(5-4-6-12)14-8-16-7-13/h7,9,13-14H,4-6,8,12H2,1-3H3/t9-/m0/s1. The van der Waals surface area contributed by atoms with Gasteiger partial charge < -0.3 is 15.2 Å². The molecular weight excluding hydrogens is 222 g/mol. The highest BCUT2D eigenvalue weighted by atomic mass is 16.6. The van der Waals surface area contributed by atoms with Crippen LogP contribution in [0.5, 0.6) is 0 Å². The summed E-state index contributed by atoms with van der Waals surface area (Å²) >= 11 is 0. The molecule has 0 aliphatic rings. The number of esters is 1. The summed E-state index contributed by atoms with van der Waals surface area (Å²) in [7, 11) is 0. The van der Waals surface area contributed by atoms with Crippen molar-refractivity contribution in [3.8, 4) is 0 Å². The van der Waals surface area contributed by atoms with E-state index in [1.165, 1.54) is 0 Å². The number of nitrogens with one attached hydrogen (secondary N) is 2. The molecular formula is C11H23N3O3. The fraction of sp³-hybridized carbons (Fsp3) is 0.818. The number of rotatable bonds is 8. The molecule has 0 saturated heterocycles. The third kappa shape index (κ3) is 8.65. The average molecular weight is 245 g/mol. The van der Waals surface area contributed by atoms with Gasteiger partial charge in [0.2, 0.25) is 0 Å². The molecule has 100 valence electrons. The van der Waals surface area contributed by atoms with Crippen molar-refractivity contribution in [1.29, 1.82) is 5.41 Å². The summed E-state index contributed by atoms with van der Waals surface area (Å²) in [5, 5.41) is 9.59. The second kappa shape index (κ2) is 8.03. The summed E-state index contributed by atoms with van der Waals surface area (Å²) in [5.74, 6) is -0.320. The van der Waals surface area contributed by atoms with Crippen LogP contribution in [-0.4, -0.2) is 37.3 Å². The van der Waals surface area contributed by atoms with E-state index in [4.69, 9.17) is 20.6 Å². The first-order valence-electron chi connectivity index (χ1n) is 5.67. The van der Waals surface area contributed by atoms with E-state index in [1.54, 1.807) is 0 Å². The molecule has 0 bridgehead atoms. The van der Waals surface area contributed by atoms with Crippen LogP contribution in [0.25, 0.3) is 0 Å². The Morgan fingerprint density at radius 1 is 1.53 bits per heavy atom. The zero-order valence-electron chi connectivity index (χ0n) is 10.8. The molecule has 0 unspecified atom stereocenters. The van der Waals surface area contributed by atoms with Crippen LogP contribution >= 0.6 is 0 Å². The van der Waals surface area contributed by atoms with E-state index in [2.05, 4.69) is 5.32 Å². The topological polar surface area (TPSA) is 97.4 Å². The molecule has 0 heterocycles. The first kappa shape index (κ1) is 15.9. The van der Waals surface area contributed by atoms with Crippen molar-refractivity contribution in [3.05, 3.63) is 0 Å². The van der Waals surface area contributed by atoms with E-state index >= 15 is 0 Å². The molecule has 0 fully saturated rings. The summed E-state index contributed by atoms with van der Waals surface area (Å²) in [6, 6.07) is -0.447. The van der Waals surface area contributed by atoms with E-state index in [9.17, 15) is 4.79 Å². The van der Waals surface area contributed by atoms with Crippen molar-refractivity contribution in [1.82, 2.24) is 5.32 Å². The SMILES string of the molecule is CC(C)(C)OC(=O)[C@H](CCCN)NCOC=N.